The fraction of sp³-hybridized carbons (Fsp3) is 0.625. The summed E-state index contributed by atoms with van der Waals surface area (Å²) in [5.41, 5.74) is 0.827. The summed E-state index contributed by atoms with van der Waals surface area (Å²) < 4.78 is 19.9. The van der Waals surface area contributed by atoms with Crippen LogP contribution in [-0.4, -0.2) is 30.7 Å². The Bertz CT molecular complexity index is 572. The Balaban J connectivity index is 2.18. The van der Waals surface area contributed by atoms with E-state index in [4.69, 9.17) is 9.42 Å². The first-order chi connectivity index (χ1) is 10.1. The molecule has 22 heavy (non-hydrogen) atoms. The van der Waals surface area contributed by atoms with Crippen LogP contribution >= 0.6 is 11.8 Å². The fourth-order valence-electron chi connectivity index (χ4n) is 2.23. The highest BCUT2D eigenvalue weighted by Crippen LogP contribution is 2.41. The van der Waals surface area contributed by atoms with Crippen molar-refractivity contribution in [3.05, 3.63) is 29.8 Å². The van der Waals surface area contributed by atoms with Crippen molar-refractivity contribution in [2.24, 2.45) is 4.99 Å². The Morgan fingerprint density at radius 2 is 2.00 bits per heavy atom. The number of nitrogens with zero attached hydrogens (tertiary/aromatic N) is 2. The van der Waals surface area contributed by atoms with Gasteiger partial charge in [0.1, 0.15) is 5.82 Å². The van der Waals surface area contributed by atoms with Gasteiger partial charge in [-0.1, -0.05) is 20.8 Å². The molecule has 3 nitrogen and oxygen atoms in total. The Kier molecular flexibility index (Phi) is 5.14. The van der Waals surface area contributed by atoms with Crippen LogP contribution in [0, 0.1) is 5.82 Å². The summed E-state index contributed by atoms with van der Waals surface area (Å²) in [7, 11) is -1.85. The van der Waals surface area contributed by atoms with Crippen LogP contribution in [0.5, 0.6) is 0 Å². The number of thioether (sulfide) groups is 1. The van der Waals surface area contributed by atoms with E-state index in [2.05, 4.69) is 38.8 Å². The molecule has 0 bridgehead atoms. The van der Waals surface area contributed by atoms with Gasteiger partial charge in [-0.3, -0.25) is 9.98 Å². The van der Waals surface area contributed by atoms with E-state index < -0.39 is 8.32 Å². The lowest BCUT2D eigenvalue weighted by Gasteiger charge is -2.38. The van der Waals surface area contributed by atoms with Gasteiger partial charge in [0, 0.05) is 12.6 Å². The highest BCUT2D eigenvalue weighted by Gasteiger charge is 2.42. The van der Waals surface area contributed by atoms with Crippen molar-refractivity contribution in [2.45, 2.75) is 57.5 Å². The predicted molar refractivity (Wildman–Crippen MR) is 94.6 cm³/mol. The van der Waals surface area contributed by atoms with E-state index in [0.717, 1.165) is 17.0 Å². The largest absolute Gasteiger partial charge is 0.408 e. The Labute approximate surface area is 137 Å². The lowest BCUT2D eigenvalue weighted by Crippen LogP contribution is -2.45. The molecule has 0 fully saturated rings. The lowest BCUT2D eigenvalue weighted by molar-refractivity contribution is 0.236. The van der Waals surface area contributed by atoms with Crippen molar-refractivity contribution in [1.29, 1.82) is 0 Å². The quantitative estimate of drug-likeness (QED) is 0.740. The van der Waals surface area contributed by atoms with Crippen molar-refractivity contribution in [3.8, 4) is 0 Å². The summed E-state index contributed by atoms with van der Waals surface area (Å²) in [4.78, 5) is 8.67. The minimum Gasteiger partial charge on any atom is -0.408 e. The van der Waals surface area contributed by atoms with Gasteiger partial charge in [-0.05, 0) is 36.0 Å². The standard InChI is InChI=1S/C16H25FN2OSSi/c1-16(2,3)22(5,6)20-14-8-13(19-15(14)21-4)11-7-12(17)10-18-9-11/h7,9-10,13-14H,8H2,1-6H3. The third kappa shape index (κ3) is 3.78. The Morgan fingerprint density at radius 3 is 2.55 bits per heavy atom. The molecule has 6 heteroatoms. The molecule has 2 atom stereocenters. The van der Waals surface area contributed by atoms with Gasteiger partial charge in [-0.2, -0.15) is 0 Å². The predicted octanol–water partition coefficient (Wildman–Crippen LogP) is 4.82. The highest BCUT2D eigenvalue weighted by atomic mass is 32.2. The maximum Gasteiger partial charge on any atom is 0.193 e. The molecule has 0 radical (unpaired) electrons. The SMILES string of the molecule is CSC1=NC(c2cncc(F)c2)CC1O[Si](C)(C)C(C)(C)C. The second kappa shape index (κ2) is 6.41. The first kappa shape index (κ1) is 17.6. The molecule has 1 aromatic rings. The number of pyridine rings is 1. The summed E-state index contributed by atoms with van der Waals surface area (Å²) in [6.45, 7) is 11.2. The average Bonchev–Trinajstić information content (AvgIpc) is 2.79. The summed E-state index contributed by atoms with van der Waals surface area (Å²) in [6, 6.07) is 1.47. The maximum atomic E-state index is 13.4. The van der Waals surface area contributed by atoms with E-state index in [9.17, 15) is 4.39 Å². The van der Waals surface area contributed by atoms with E-state index in [0.29, 0.717) is 0 Å². The smallest absolute Gasteiger partial charge is 0.193 e. The lowest BCUT2D eigenvalue weighted by atomic mass is 10.1. The van der Waals surface area contributed by atoms with Crippen LogP contribution in [0.1, 0.15) is 38.8 Å². The molecule has 0 spiro atoms. The van der Waals surface area contributed by atoms with Gasteiger partial charge >= 0.3 is 0 Å². The van der Waals surface area contributed by atoms with Gasteiger partial charge in [-0.15, -0.1) is 11.8 Å². The zero-order chi connectivity index (χ0) is 16.5. The number of hydrogen-bond acceptors (Lipinski definition) is 4. The van der Waals surface area contributed by atoms with Gasteiger partial charge < -0.3 is 4.43 Å². The molecular formula is C16H25FN2OSSi. The van der Waals surface area contributed by atoms with Gasteiger partial charge in [0.25, 0.3) is 0 Å². The molecule has 2 rings (SSSR count). The minimum absolute atomic E-state index is 0.0177. The molecule has 1 aliphatic heterocycles. The summed E-state index contributed by atoms with van der Waals surface area (Å²) in [5.74, 6) is -0.313. The molecule has 0 N–H and O–H groups in total. The number of aromatic nitrogens is 1. The Morgan fingerprint density at radius 1 is 1.32 bits per heavy atom. The number of rotatable bonds is 3. The van der Waals surface area contributed by atoms with Gasteiger partial charge in [0.05, 0.1) is 23.4 Å². The molecule has 0 saturated heterocycles. The molecule has 0 saturated carbocycles. The highest BCUT2D eigenvalue weighted by molar-refractivity contribution is 8.13. The van der Waals surface area contributed by atoms with Crippen LogP contribution in [0.15, 0.2) is 23.5 Å². The van der Waals surface area contributed by atoms with Crippen LogP contribution in [0.3, 0.4) is 0 Å². The van der Waals surface area contributed by atoms with Crippen molar-refractivity contribution in [1.82, 2.24) is 4.98 Å². The third-order valence-electron chi connectivity index (χ3n) is 4.56. The third-order valence-corrected chi connectivity index (χ3v) is 9.83. The van der Waals surface area contributed by atoms with E-state index >= 15 is 0 Å². The topological polar surface area (TPSA) is 34.5 Å². The number of aliphatic imine (C=N–C) groups is 1. The number of halogens is 1. The Hall–Kier alpha value is -0.723. The monoisotopic (exact) mass is 340 g/mol. The van der Waals surface area contributed by atoms with Crippen molar-refractivity contribution < 1.29 is 8.82 Å². The maximum absolute atomic E-state index is 13.4. The molecule has 0 amide bonds. The average molecular weight is 341 g/mol. The van der Waals surface area contributed by atoms with Gasteiger partial charge in [-0.25, -0.2) is 4.39 Å². The molecule has 1 aromatic heterocycles. The molecule has 122 valence electrons. The van der Waals surface area contributed by atoms with Crippen LogP contribution in [0.25, 0.3) is 0 Å². The summed E-state index contributed by atoms with van der Waals surface area (Å²) in [6.07, 6.45) is 5.73. The van der Waals surface area contributed by atoms with E-state index in [1.54, 1.807) is 18.0 Å². The van der Waals surface area contributed by atoms with Gasteiger partial charge in [0.2, 0.25) is 0 Å². The fourth-order valence-corrected chi connectivity index (χ4v) is 4.23. The molecule has 0 aliphatic carbocycles. The first-order valence-electron chi connectivity index (χ1n) is 7.54. The minimum atomic E-state index is -1.85. The zero-order valence-corrected chi connectivity index (χ0v) is 16.0. The second-order valence-corrected chi connectivity index (χ2v) is 12.8. The van der Waals surface area contributed by atoms with Crippen molar-refractivity contribution >= 4 is 25.1 Å². The van der Waals surface area contributed by atoms with E-state index in [1.807, 2.05) is 6.26 Å². The van der Waals surface area contributed by atoms with Crippen LogP contribution in [0.4, 0.5) is 4.39 Å². The molecular weight excluding hydrogens is 315 g/mol. The molecule has 2 heterocycles. The van der Waals surface area contributed by atoms with Gasteiger partial charge in [0.15, 0.2) is 8.32 Å². The molecule has 1 aliphatic rings. The molecule has 2 unspecified atom stereocenters. The normalized spacial score (nSPS) is 22.8. The second-order valence-electron chi connectivity index (χ2n) is 7.23. The van der Waals surface area contributed by atoms with E-state index in [-0.39, 0.29) is 23.0 Å². The first-order valence-corrected chi connectivity index (χ1v) is 11.7. The van der Waals surface area contributed by atoms with Crippen LogP contribution < -0.4 is 0 Å². The van der Waals surface area contributed by atoms with Crippen molar-refractivity contribution in [3.63, 3.8) is 0 Å². The van der Waals surface area contributed by atoms with Crippen LogP contribution in [-0.2, 0) is 4.43 Å². The van der Waals surface area contributed by atoms with E-state index in [1.165, 1.54) is 12.3 Å². The van der Waals surface area contributed by atoms with Crippen molar-refractivity contribution in [2.75, 3.05) is 6.26 Å². The molecule has 0 aromatic carbocycles. The zero-order valence-electron chi connectivity index (χ0n) is 14.2. The summed E-state index contributed by atoms with van der Waals surface area (Å²) in [5, 5.41) is 1.17. The van der Waals surface area contributed by atoms with Crippen LogP contribution in [0.2, 0.25) is 18.1 Å². The number of hydrogen-bond donors (Lipinski definition) is 0. The summed E-state index contributed by atoms with van der Waals surface area (Å²) >= 11 is 1.63.